The van der Waals surface area contributed by atoms with Crippen LogP contribution in [0.1, 0.15) is 0 Å². The van der Waals surface area contributed by atoms with Crippen molar-refractivity contribution >= 4 is 29.5 Å². The molecule has 0 atom stereocenters. The van der Waals surface area contributed by atoms with Crippen molar-refractivity contribution in [3.8, 4) is 0 Å². The van der Waals surface area contributed by atoms with Crippen LogP contribution in [-0.4, -0.2) is 22.7 Å². The lowest BCUT2D eigenvalue weighted by Crippen LogP contribution is -2.32. The van der Waals surface area contributed by atoms with Crippen molar-refractivity contribution in [1.82, 2.24) is 4.90 Å². The van der Waals surface area contributed by atoms with Crippen LogP contribution in [0.2, 0.25) is 0 Å². The maximum atomic E-state index is 10.2. The first-order chi connectivity index (χ1) is 5.06. The molecule has 0 amide bonds. The number of rotatable bonds is 1. The van der Waals surface area contributed by atoms with Crippen LogP contribution >= 0.6 is 23.2 Å². The van der Waals surface area contributed by atoms with E-state index in [1.54, 1.807) is 13.3 Å². The molecule has 0 saturated carbocycles. The Morgan fingerprint density at radius 1 is 1.64 bits per heavy atom. The maximum absolute atomic E-state index is 10.2. The zero-order chi connectivity index (χ0) is 8.48. The van der Waals surface area contributed by atoms with E-state index in [0.717, 1.165) is 0 Å². The van der Waals surface area contributed by atoms with Gasteiger partial charge in [-0.15, -0.1) is 0 Å². The summed E-state index contributed by atoms with van der Waals surface area (Å²) in [5.41, 5.74) is 0.435. The van der Waals surface area contributed by atoms with Gasteiger partial charge in [-0.25, -0.2) is 0 Å². The van der Waals surface area contributed by atoms with Crippen LogP contribution in [0.15, 0.2) is 23.9 Å². The Hall–Kier alpha value is -0.470. The summed E-state index contributed by atoms with van der Waals surface area (Å²) in [6.07, 6.45) is 6.33. The van der Waals surface area contributed by atoms with Crippen molar-refractivity contribution in [3.63, 3.8) is 0 Å². The quantitative estimate of drug-likeness (QED) is 0.463. The Kier molecular flexibility index (Phi) is 2.25. The molecule has 11 heavy (non-hydrogen) atoms. The lowest BCUT2D eigenvalue weighted by atomic mass is 10.2. The predicted octanol–water partition coefficient (Wildman–Crippen LogP) is 1.61. The van der Waals surface area contributed by atoms with Crippen molar-refractivity contribution in [3.05, 3.63) is 23.9 Å². The van der Waals surface area contributed by atoms with Crippen LogP contribution in [0.3, 0.4) is 0 Å². The van der Waals surface area contributed by atoms with Crippen molar-refractivity contribution in [2.45, 2.75) is 4.46 Å². The van der Waals surface area contributed by atoms with E-state index >= 15 is 0 Å². The molecule has 0 aromatic carbocycles. The lowest BCUT2D eigenvalue weighted by molar-refractivity contribution is 0.425. The Balaban J connectivity index is 2.88. The van der Waals surface area contributed by atoms with Gasteiger partial charge in [-0.05, 0) is 12.2 Å². The van der Waals surface area contributed by atoms with Crippen molar-refractivity contribution < 1.29 is 4.79 Å². The van der Waals surface area contributed by atoms with Crippen molar-refractivity contribution in [2.75, 3.05) is 7.05 Å². The number of alkyl halides is 2. The summed E-state index contributed by atoms with van der Waals surface area (Å²) in [7, 11) is 1.68. The monoisotopic (exact) mass is 190 g/mol. The summed E-state index contributed by atoms with van der Waals surface area (Å²) in [6, 6.07) is 0. The van der Waals surface area contributed by atoms with Crippen molar-refractivity contribution in [1.29, 1.82) is 0 Å². The summed E-state index contributed by atoms with van der Waals surface area (Å²) >= 11 is 11.5. The highest BCUT2D eigenvalue weighted by Gasteiger charge is 2.26. The normalized spacial score (nSPS) is 21.4. The first-order valence-corrected chi connectivity index (χ1v) is 3.72. The zero-order valence-corrected chi connectivity index (χ0v) is 7.36. The van der Waals surface area contributed by atoms with Gasteiger partial charge in [-0.3, -0.25) is 4.79 Å². The van der Waals surface area contributed by atoms with E-state index in [0.29, 0.717) is 5.57 Å². The van der Waals surface area contributed by atoms with Crippen LogP contribution in [0.4, 0.5) is 0 Å². The second-order valence-electron chi connectivity index (χ2n) is 2.22. The Bertz CT molecular complexity index is 233. The summed E-state index contributed by atoms with van der Waals surface area (Å²) in [4.78, 5) is 11.7. The molecule has 0 aromatic rings. The largest absolute Gasteiger partial charge is 0.346 e. The molecule has 4 heteroatoms. The third-order valence-electron chi connectivity index (χ3n) is 1.38. The minimum absolute atomic E-state index is 0.435. The Morgan fingerprint density at radius 3 is 2.73 bits per heavy atom. The fourth-order valence-corrected chi connectivity index (χ4v) is 0.929. The first-order valence-electron chi connectivity index (χ1n) is 2.96. The highest BCUT2D eigenvalue weighted by Crippen LogP contribution is 2.30. The molecule has 59 valence electrons. The van der Waals surface area contributed by atoms with E-state index in [4.69, 9.17) is 23.2 Å². The summed E-state index contributed by atoms with van der Waals surface area (Å²) < 4.78 is -1.04. The second kappa shape index (κ2) is 2.88. The van der Waals surface area contributed by atoms with E-state index in [9.17, 15) is 4.79 Å². The molecule has 1 rings (SSSR count). The van der Waals surface area contributed by atoms with Crippen LogP contribution < -0.4 is 0 Å². The molecule has 0 saturated heterocycles. The van der Waals surface area contributed by atoms with Gasteiger partial charge in [0.2, 0.25) is 10.7 Å². The minimum Gasteiger partial charge on any atom is -0.346 e. The van der Waals surface area contributed by atoms with Crippen LogP contribution in [0, 0.1) is 0 Å². The van der Waals surface area contributed by atoms with E-state index in [-0.39, 0.29) is 0 Å². The molecule has 0 unspecified atom stereocenters. The van der Waals surface area contributed by atoms with E-state index in [2.05, 4.69) is 0 Å². The standard InChI is InChI=1S/C7H6Cl2NO/c1-10-4-6(5-11)2-3-7(10,8)9/h2-4H,1H3. The molecule has 0 N–H and O–H groups in total. The summed E-state index contributed by atoms with van der Waals surface area (Å²) in [5, 5.41) is 0. The van der Waals surface area contributed by atoms with Crippen molar-refractivity contribution in [2.24, 2.45) is 0 Å². The predicted molar refractivity (Wildman–Crippen MR) is 45.1 cm³/mol. The molecular weight excluding hydrogens is 185 g/mol. The van der Waals surface area contributed by atoms with Crippen LogP contribution in [0.25, 0.3) is 0 Å². The van der Waals surface area contributed by atoms with E-state index < -0.39 is 4.46 Å². The van der Waals surface area contributed by atoms with Gasteiger partial charge in [-0.1, -0.05) is 23.2 Å². The SMILES string of the molecule is CN1C=C([C]=O)C=CC1(Cl)Cl. The topological polar surface area (TPSA) is 20.3 Å². The average molecular weight is 191 g/mol. The van der Waals surface area contributed by atoms with E-state index in [1.165, 1.54) is 23.3 Å². The van der Waals surface area contributed by atoms with Crippen LogP contribution in [0.5, 0.6) is 0 Å². The molecule has 1 aliphatic rings. The molecule has 0 spiro atoms. The molecule has 0 bridgehead atoms. The highest BCUT2D eigenvalue weighted by atomic mass is 35.5. The molecule has 0 fully saturated rings. The van der Waals surface area contributed by atoms with Gasteiger partial charge < -0.3 is 4.90 Å². The van der Waals surface area contributed by atoms with Gasteiger partial charge in [0, 0.05) is 18.8 Å². The third-order valence-corrected chi connectivity index (χ3v) is 2.17. The molecule has 0 aliphatic carbocycles. The molecule has 0 aromatic heterocycles. The van der Waals surface area contributed by atoms with Crippen LogP contribution in [-0.2, 0) is 4.79 Å². The smallest absolute Gasteiger partial charge is 0.235 e. The van der Waals surface area contributed by atoms with Gasteiger partial charge in [0.25, 0.3) is 0 Å². The Morgan fingerprint density at radius 2 is 2.27 bits per heavy atom. The van der Waals surface area contributed by atoms with Gasteiger partial charge in [0.15, 0.2) is 0 Å². The molecule has 1 heterocycles. The van der Waals surface area contributed by atoms with Gasteiger partial charge in [-0.2, -0.15) is 0 Å². The second-order valence-corrected chi connectivity index (χ2v) is 3.56. The maximum Gasteiger partial charge on any atom is 0.235 e. The molecule has 1 aliphatic heterocycles. The number of halogens is 2. The van der Waals surface area contributed by atoms with Gasteiger partial charge in [0.1, 0.15) is 0 Å². The fraction of sp³-hybridized carbons (Fsp3) is 0.286. The number of allylic oxidation sites excluding steroid dienone is 2. The zero-order valence-electron chi connectivity index (χ0n) is 5.84. The Labute approximate surface area is 75.1 Å². The van der Waals surface area contributed by atoms with Gasteiger partial charge in [0.05, 0.1) is 0 Å². The molecular formula is C7H6Cl2NO. The first kappa shape index (κ1) is 8.62. The number of likely N-dealkylation sites (N-methyl/N-ethyl adjacent to an activating group) is 1. The number of hydrogen-bond donors (Lipinski definition) is 0. The number of hydrogen-bond acceptors (Lipinski definition) is 2. The lowest BCUT2D eigenvalue weighted by Gasteiger charge is -2.29. The highest BCUT2D eigenvalue weighted by molar-refractivity contribution is 6.49. The minimum atomic E-state index is -1.04. The van der Waals surface area contributed by atoms with Gasteiger partial charge >= 0.3 is 0 Å². The fourth-order valence-electron chi connectivity index (χ4n) is 0.706. The average Bonchev–Trinajstić information content (AvgIpc) is 1.95. The third kappa shape index (κ3) is 1.76. The molecule has 2 nitrogen and oxygen atoms in total. The summed E-state index contributed by atoms with van der Waals surface area (Å²) in [5.74, 6) is 0. The number of carbonyl (C=O) groups excluding carboxylic acids is 1. The van der Waals surface area contributed by atoms with E-state index in [1.807, 2.05) is 0 Å². The summed E-state index contributed by atoms with van der Waals surface area (Å²) in [6.45, 7) is 0. The number of nitrogens with zero attached hydrogens (tertiary/aromatic N) is 1. The molecule has 1 radical (unpaired) electrons.